The normalized spacial score (nSPS) is 20.9. The van der Waals surface area contributed by atoms with Crippen molar-refractivity contribution >= 4 is 5.91 Å². The van der Waals surface area contributed by atoms with Crippen molar-refractivity contribution in [3.63, 3.8) is 0 Å². The topological polar surface area (TPSA) is 55.6 Å². The second-order valence-corrected chi connectivity index (χ2v) is 5.51. The summed E-state index contributed by atoms with van der Waals surface area (Å²) in [5.41, 5.74) is 6.04. The number of carbonyl (C=O) groups is 1. The number of carbonyl (C=O) groups excluding carboxylic acids is 1. The van der Waals surface area contributed by atoms with Gasteiger partial charge in [-0.15, -0.1) is 0 Å². The molecule has 0 radical (unpaired) electrons. The maximum atomic E-state index is 13.8. The van der Waals surface area contributed by atoms with Crippen molar-refractivity contribution in [1.29, 1.82) is 0 Å². The first-order chi connectivity index (χ1) is 9.03. The Morgan fingerprint density at radius 2 is 2.16 bits per heavy atom. The van der Waals surface area contributed by atoms with Gasteiger partial charge in [-0.2, -0.15) is 0 Å². The van der Waals surface area contributed by atoms with Gasteiger partial charge in [0.25, 0.3) is 5.91 Å². The lowest BCUT2D eigenvalue weighted by Gasteiger charge is -2.48. The van der Waals surface area contributed by atoms with Crippen molar-refractivity contribution in [3.05, 3.63) is 29.6 Å². The van der Waals surface area contributed by atoms with Crippen molar-refractivity contribution in [1.82, 2.24) is 4.90 Å². The Kier molecular flexibility index (Phi) is 2.74. The molecule has 3 rings (SSSR count). The quantitative estimate of drug-likeness (QED) is 0.897. The van der Waals surface area contributed by atoms with Gasteiger partial charge in [-0.25, -0.2) is 4.39 Å². The van der Waals surface area contributed by atoms with Crippen LogP contribution in [0.4, 0.5) is 4.39 Å². The van der Waals surface area contributed by atoms with Gasteiger partial charge in [0.2, 0.25) is 0 Å². The number of benzene rings is 1. The zero-order valence-corrected chi connectivity index (χ0v) is 10.9. The first kappa shape index (κ1) is 12.4. The number of hydrogen-bond donors (Lipinski definition) is 1. The van der Waals surface area contributed by atoms with Crippen LogP contribution in [0, 0.1) is 11.7 Å². The van der Waals surface area contributed by atoms with Crippen LogP contribution in [0.5, 0.6) is 5.75 Å². The molecule has 19 heavy (non-hydrogen) atoms. The van der Waals surface area contributed by atoms with Crippen molar-refractivity contribution in [3.8, 4) is 5.75 Å². The number of ether oxygens (including phenoxy) is 1. The van der Waals surface area contributed by atoms with E-state index >= 15 is 0 Å². The van der Waals surface area contributed by atoms with Crippen LogP contribution in [-0.4, -0.2) is 36.5 Å². The smallest absolute Gasteiger partial charge is 0.256 e. The summed E-state index contributed by atoms with van der Waals surface area (Å²) in [6, 6.07) is 4.28. The maximum absolute atomic E-state index is 13.8. The van der Waals surface area contributed by atoms with Gasteiger partial charge in [0.05, 0.1) is 18.2 Å². The van der Waals surface area contributed by atoms with Crippen LogP contribution in [-0.2, 0) is 0 Å². The molecule has 1 aromatic carbocycles. The lowest BCUT2D eigenvalue weighted by Crippen LogP contribution is -2.69. The van der Waals surface area contributed by atoms with E-state index in [2.05, 4.69) is 0 Å². The van der Waals surface area contributed by atoms with E-state index in [4.69, 9.17) is 10.5 Å². The van der Waals surface area contributed by atoms with Crippen molar-refractivity contribution in [2.45, 2.75) is 18.4 Å². The number of halogens is 1. The Balaban J connectivity index is 1.71. The van der Waals surface area contributed by atoms with Gasteiger partial charge in [0, 0.05) is 19.2 Å². The monoisotopic (exact) mass is 264 g/mol. The third kappa shape index (κ3) is 2.08. The molecule has 1 aliphatic carbocycles. The third-order valence-electron chi connectivity index (χ3n) is 4.05. The highest BCUT2D eigenvalue weighted by Crippen LogP contribution is 2.43. The summed E-state index contributed by atoms with van der Waals surface area (Å²) in [7, 11) is 1.46. The molecule has 2 aliphatic rings. The number of nitrogens with zero attached hydrogens (tertiary/aromatic N) is 1. The molecule has 1 saturated carbocycles. The van der Waals surface area contributed by atoms with E-state index in [1.54, 1.807) is 11.0 Å². The molecule has 2 fully saturated rings. The average Bonchev–Trinajstić information content (AvgIpc) is 3.18. The zero-order chi connectivity index (χ0) is 13.6. The van der Waals surface area contributed by atoms with Crippen molar-refractivity contribution < 1.29 is 13.9 Å². The molecule has 1 saturated heterocycles. The number of likely N-dealkylation sites (tertiary alicyclic amines) is 1. The van der Waals surface area contributed by atoms with E-state index in [0.717, 1.165) is 12.8 Å². The number of hydrogen-bond acceptors (Lipinski definition) is 3. The van der Waals surface area contributed by atoms with E-state index in [0.29, 0.717) is 24.8 Å². The van der Waals surface area contributed by atoms with Crippen LogP contribution in [0.3, 0.4) is 0 Å². The van der Waals surface area contributed by atoms with Crippen LogP contribution in [0.1, 0.15) is 23.2 Å². The van der Waals surface area contributed by atoms with Crippen LogP contribution in [0.25, 0.3) is 0 Å². The zero-order valence-electron chi connectivity index (χ0n) is 10.9. The summed E-state index contributed by atoms with van der Waals surface area (Å²) >= 11 is 0. The third-order valence-corrected chi connectivity index (χ3v) is 4.05. The molecular weight excluding hydrogens is 247 g/mol. The van der Waals surface area contributed by atoms with E-state index in [-0.39, 0.29) is 17.0 Å². The largest absolute Gasteiger partial charge is 0.497 e. The second kappa shape index (κ2) is 4.20. The standard InChI is InChI=1S/C14H17FN2O2/c1-19-10-4-5-11(12(15)6-10)13(18)17-7-14(16,8-17)9-2-3-9/h4-6,9H,2-3,7-8,16H2,1H3. The summed E-state index contributed by atoms with van der Waals surface area (Å²) in [5, 5.41) is 0. The molecule has 5 heteroatoms. The highest BCUT2D eigenvalue weighted by molar-refractivity contribution is 5.95. The van der Waals surface area contributed by atoms with E-state index < -0.39 is 5.82 Å². The summed E-state index contributed by atoms with van der Waals surface area (Å²) in [6.07, 6.45) is 2.30. The Morgan fingerprint density at radius 1 is 1.47 bits per heavy atom. The summed E-state index contributed by atoms with van der Waals surface area (Å²) in [6.45, 7) is 1.06. The fourth-order valence-corrected chi connectivity index (χ4v) is 2.69. The molecule has 102 valence electrons. The van der Waals surface area contributed by atoms with Crippen LogP contribution >= 0.6 is 0 Å². The fraction of sp³-hybridized carbons (Fsp3) is 0.500. The molecule has 0 aromatic heterocycles. The predicted octanol–water partition coefficient (Wildman–Crippen LogP) is 1.40. The lowest BCUT2D eigenvalue weighted by molar-refractivity contribution is 0.0346. The maximum Gasteiger partial charge on any atom is 0.256 e. The molecule has 0 spiro atoms. The van der Waals surface area contributed by atoms with E-state index in [1.807, 2.05) is 0 Å². The van der Waals surface area contributed by atoms with Gasteiger partial charge in [0.1, 0.15) is 11.6 Å². The minimum Gasteiger partial charge on any atom is -0.497 e. The molecule has 0 atom stereocenters. The molecule has 4 nitrogen and oxygen atoms in total. The van der Waals surface area contributed by atoms with Crippen LogP contribution < -0.4 is 10.5 Å². The minimum atomic E-state index is -0.551. The Hall–Kier alpha value is -1.62. The van der Waals surface area contributed by atoms with Crippen LogP contribution in [0.15, 0.2) is 18.2 Å². The number of rotatable bonds is 3. The Labute approximate surface area is 111 Å². The molecule has 2 N–H and O–H groups in total. The molecule has 0 unspecified atom stereocenters. The first-order valence-electron chi connectivity index (χ1n) is 6.45. The van der Waals surface area contributed by atoms with Gasteiger partial charge >= 0.3 is 0 Å². The second-order valence-electron chi connectivity index (χ2n) is 5.51. The fourth-order valence-electron chi connectivity index (χ4n) is 2.69. The number of amides is 1. The van der Waals surface area contributed by atoms with E-state index in [9.17, 15) is 9.18 Å². The Morgan fingerprint density at radius 3 is 2.68 bits per heavy atom. The lowest BCUT2D eigenvalue weighted by atomic mass is 9.85. The average molecular weight is 264 g/mol. The Bertz CT molecular complexity index is 522. The molecular formula is C14H17FN2O2. The number of nitrogens with two attached hydrogens (primary N) is 1. The van der Waals surface area contributed by atoms with E-state index in [1.165, 1.54) is 19.2 Å². The summed E-state index contributed by atoms with van der Waals surface area (Å²) in [4.78, 5) is 13.8. The SMILES string of the molecule is COc1ccc(C(=O)N2CC(N)(C3CC3)C2)c(F)c1. The molecule has 0 bridgehead atoms. The van der Waals surface area contributed by atoms with Gasteiger partial charge in [-0.05, 0) is 30.9 Å². The molecule has 1 aromatic rings. The summed E-state index contributed by atoms with van der Waals surface area (Å²) < 4.78 is 18.7. The van der Waals surface area contributed by atoms with Gasteiger partial charge < -0.3 is 15.4 Å². The van der Waals surface area contributed by atoms with Crippen LogP contribution in [0.2, 0.25) is 0 Å². The predicted molar refractivity (Wildman–Crippen MR) is 68.5 cm³/mol. The first-order valence-corrected chi connectivity index (χ1v) is 6.45. The van der Waals surface area contributed by atoms with Crippen molar-refractivity contribution in [2.24, 2.45) is 11.7 Å². The molecule has 1 amide bonds. The summed E-state index contributed by atoms with van der Waals surface area (Å²) in [5.74, 6) is 0.105. The van der Waals surface area contributed by atoms with Gasteiger partial charge in [0.15, 0.2) is 0 Å². The van der Waals surface area contributed by atoms with Gasteiger partial charge in [-0.3, -0.25) is 4.79 Å². The van der Waals surface area contributed by atoms with Crippen molar-refractivity contribution in [2.75, 3.05) is 20.2 Å². The number of methoxy groups -OCH3 is 1. The minimum absolute atomic E-state index is 0.0821. The highest BCUT2D eigenvalue weighted by atomic mass is 19.1. The molecule has 1 heterocycles. The highest BCUT2D eigenvalue weighted by Gasteiger charge is 2.51. The molecule has 1 aliphatic heterocycles. The van der Waals surface area contributed by atoms with Gasteiger partial charge in [-0.1, -0.05) is 0 Å².